The Morgan fingerprint density at radius 3 is 2.62 bits per heavy atom. The van der Waals surface area contributed by atoms with E-state index in [0.717, 1.165) is 25.7 Å². The van der Waals surface area contributed by atoms with Crippen LogP contribution in [0.1, 0.15) is 32.6 Å². The van der Waals surface area contributed by atoms with E-state index in [1.165, 1.54) is 18.2 Å². The summed E-state index contributed by atoms with van der Waals surface area (Å²) in [5.74, 6) is -0.330. The Morgan fingerprint density at radius 2 is 1.96 bits per heavy atom. The van der Waals surface area contributed by atoms with E-state index in [1.54, 1.807) is 0 Å². The summed E-state index contributed by atoms with van der Waals surface area (Å²) in [5, 5.41) is 2.88. The number of carbonyl (C=O) groups excluding carboxylic acids is 2. The Bertz CT molecular complexity index is 588. The van der Waals surface area contributed by atoms with Crippen LogP contribution < -0.4 is 10.1 Å². The predicted octanol–water partition coefficient (Wildman–Crippen LogP) is 3.21. The second kappa shape index (κ2) is 9.01. The van der Waals surface area contributed by atoms with Gasteiger partial charge < -0.3 is 14.8 Å². The lowest BCUT2D eigenvalue weighted by molar-refractivity contribution is -0.150. The fraction of sp³-hybridized carbons (Fsp3) is 0.529. The number of hydrogen-bond acceptors (Lipinski definition) is 4. The molecule has 1 amide bonds. The van der Waals surface area contributed by atoms with Crippen LogP contribution in [-0.4, -0.2) is 31.1 Å². The van der Waals surface area contributed by atoms with Gasteiger partial charge in [0.25, 0.3) is 5.91 Å². The second-order valence-electron chi connectivity index (χ2n) is 6.05. The van der Waals surface area contributed by atoms with Crippen molar-refractivity contribution in [2.75, 3.05) is 13.2 Å². The molecular weight excluding hydrogens is 381 g/mol. The number of halogens is 2. The van der Waals surface area contributed by atoms with Crippen LogP contribution >= 0.6 is 15.9 Å². The Balaban J connectivity index is 1.66. The quantitative estimate of drug-likeness (QED) is 0.743. The Kier molecular flexibility index (Phi) is 7.02. The molecule has 0 bridgehead atoms. The number of benzene rings is 1. The van der Waals surface area contributed by atoms with Gasteiger partial charge in [0.15, 0.2) is 13.2 Å². The fourth-order valence-electron chi connectivity index (χ4n) is 2.59. The minimum atomic E-state index is -0.654. The molecule has 2 rings (SSSR count). The van der Waals surface area contributed by atoms with Crippen molar-refractivity contribution in [1.29, 1.82) is 0 Å². The highest BCUT2D eigenvalue weighted by Gasteiger charge is 2.20. The Hall–Kier alpha value is -1.63. The first-order valence-corrected chi connectivity index (χ1v) is 8.76. The summed E-state index contributed by atoms with van der Waals surface area (Å²) in [7, 11) is 0. The smallest absolute Gasteiger partial charge is 0.344 e. The van der Waals surface area contributed by atoms with Crippen LogP contribution in [0.3, 0.4) is 0 Å². The van der Waals surface area contributed by atoms with Gasteiger partial charge in [0.05, 0.1) is 4.47 Å². The number of rotatable bonds is 6. The van der Waals surface area contributed by atoms with Gasteiger partial charge in [-0.1, -0.05) is 6.92 Å². The van der Waals surface area contributed by atoms with Gasteiger partial charge in [-0.25, -0.2) is 9.18 Å². The van der Waals surface area contributed by atoms with Crippen molar-refractivity contribution in [1.82, 2.24) is 5.32 Å². The SMILES string of the molecule is CC1CCC(NC(=O)COC(=O)COc2ccc(F)cc2Br)CC1. The van der Waals surface area contributed by atoms with Gasteiger partial charge in [0.2, 0.25) is 0 Å². The zero-order valence-electron chi connectivity index (χ0n) is 13.5. The zero-order valence-corrected chi connectivity index (χ0v) is 15.1. The van der Waals surface area contributed by atoms with Crippen LogP contribution in [0.4, 0.5) is 4.39 Å². The maximum Gasteiger partial charge on any atom is 0.344 e. The van der Waals surface area contributed by atoms with E-state index < -0.39 is 11.8 Å². The molecule has 0 saturated heterocycles. The van der Waals surface area contributed by atoms with Gasteiger partial charge in [-0.05, 0) is 65.7 Å². The molecule has 1 aromatic rings. The molecule has 7 heteroatoms. The summed E-state index contributed by atoms with van der Waals surface area (Å²) in [6.07, 6.45) is 4.13. The minimum Gasteiger partial charge on any atom is -0.481 e. The third kappa shape index (κ3) is 6.11. The molecule has 1 N–H and O–H groups in total. The second-order valence-corrected chi connectivity index (χ2v) is 6.90. The van der Waals surface area contributed by atoms with E-state index in [1.807, 2.05) is 0 Å². The molecule has 0 atom stereocenters. The highest BCUT2D eigenvalue weighted by molar-refractivity contribution is 9.10. The van der Waals surface area contributed by atoms with Gasteiger partial charge in [0.1, 0.15) is 11.6 Å². The summed E-state index contributed by atoms with van der Waals surface area (Å²) >= 11 is 3.14. The highest BCUT2D eigenvalue weighted by atomic mass is 79.9. The van der Waals surface area contributed by atoms with Crippen molar-refractivity contribution in [3.05, 3.63) is 28.5 Å². The lowest BCUT2D eigenvalue weighted by atomic mass is 9.87. The summed E-state index contributed by atoms with van der Waals surface area (Å²) in [6, 6.07) is 4.03. The van der Waals surface area contributed by atoms with Crippen LogP contribution in [0.25, 0.3) is 0 Å². The van der Waals surface area contributed by atoms with Crippen LogP contribution in [0, 0.1) is 11.7 Å². The third-order valence-electron chi connectivity index (χ3n) is 3.98. The van der Waals surface area contributed by atoms with Crippen LogP contribution in [0.2, 0.25) is 0 Å². The average Bonchev–Trinajstić information content (AvgIpc) is 2.54. The molecule has 0 aliphatic heterocycles. The molecule has 0 radical (unpaired) electrons. The van der Waals surface area contributed by atoms with Gasteiger partial charge in [-0.2, -0.15) is 0 Å². The number of nitrogens with one attached hydrogen (secondary N) is 1. The zero-order chi connectivity index (χ0) is 17.5. The number of ether oxygens (including phenoxy) is 2. The van der Waals surface area contributed by atoms with E-state index >= 15 is 0 Å². The summed E-state index contributed by atoms with van der Waals surface area (Å²) < 4.78 is 23.5. The van der Waals surface area contributed by atoms with Crippen molar-refractivity contribution in [2.24, 2.45) is 5.92 Å². The molecule has 1 aliphatic rings. The van der Waals surface area contributed by atoms with Crippen molar-refractivity contribution < 1.29 is 23.5 Å². The lowest BCUT2D eigenvalue weighted by Gasteiger charge is -2.26. The molecule has 0 unspecified atom stereocenters. The topological polar surface area (TPSA) is 64.6 Å². The molecule has 1 saturated carbocycles. The summed E-state index contributed by atoms with van der Waals surface area (Å²) in [6.45, 7) is 1.54. The molecule has 24 heavy (non-hydrogen) atoms. The van der Waals surface area contributed by atoms with Crippen molar-refractivity contribution in [2.45, 2.75) is 38.6 Å². The average molecular weight is 402 g/mol. The van der Waals surface area contributed by atoms with E-state index in [0.29, 0.717) is 16.1 Å². The molecule has 1 fully saturated rings. The summed E-state index contributed by atoms with van der Waals surface area (Å²) in [5.41, 5.74) is 0. The van der Waals surface area contributed by atoms with Gasteiger partial charge >= 0.3 is 5.97 Å². The fourth-order valence-corrected chi connectivity index (χ4v) is 3.06. The number of esters is 1. The molecule has 0 spiro atoms. The third-order valence-corrected chi connectivity index (χ3v) is 4.60. The molecule has 1 aromatic carbocycles. The normalized spacial score (nSPS) is 20.3. The van der Waals surface area contributed by atoms with Crippen molar-refractivity contribution >= 4 is 27.8 Å². The molecule has 0 heterocycles. The van der Waals surface area contributed by atoms with E-state index in [2.05, 4.69) is 28.2 Å². The highest BCUT2D eigenvalue weighted by Crippen LogP contribution is 2.25. The van der Waals surface area contributed by atoms with E-state index in [4.69, 9.17) is 9.47 Å². The molecule has 0 aromatic heterocycles. The monoisotopic (exact) mass is 401 g/mol. The molecular formula is C17H21BrFNO4. The van der Waals surface area contributed by atoms with Crippen LogP contribution in [0.15, 0.2) is 22.7 Å². The first-order valence-electron chi connectivity index (χ1n) is 7.97. The molecule has 132 valence electrons. The standard InChI is InChI=1S/C17H21BrFNO4/c1-11-2-5-13(6-3-11)20-16(21)9-24-17(22)10-23-15-7-4-12(19)8-14(15)18/h4,7-8,11,13H,2-3,5-6,9-10H2,1H3,(H,20,21). The van der Waals surface area contributed by atoms with Crippen molar-refractivity contribution in [3.8, 4) is 5.75 Å². The van der Waals surface area contributed by atoms with Crippen molar-refractivity contribution in [3.63, 3.8) is 0 Å². The molecule has 5 nitrogen and oxygen atoms in total. The van der Waals surface area contributed by atoms with Crippen LogP contribution in [-0.2, 0) is 14.3 Å². The maximum atomic E-state index is 12.9. The first kappa shape index (κ1) is 18.7. The number of carbonyl (C=O) groups is 2. The van der Waals surface area contributed by atoms with Crippen LogP contribution in [0.5, 0.6) is 5.75 Å². The number of amides is 1. The van der Waals surface area contributed by atoms with Gasteiger partial charge in [-0.15, -0.1) is 0 Å². The maximum absolute atomic E-state index is 12.9. The summed E-state index contributed by atoms with van der Waals surface area (Å²) in [4.78, 5) is 23.4. The Labute approximate surface area is 149 Å². The van der Waals surface area contributed by atoms with Gasteiger partial charge in [-0.3, -0.25) is 4.79 Å². The predicted molar refractivity (Wildman–Crippen MR) is 90.1 cm³/mol. The largest absolute Gasteiger partial charge is 0.481 e. The number of hydrogen-bond donors (Lipinski definition) is 1. The van der Waals surface area contributed by atoms with E-state index in [9.17, 15) is 14.0 Å². The lowest BCUT2D eigenvalue weighted by Crippen LogP contribution is -2.39. The molecule has 1 aliphatic carbocycles. The first-order chi connectivity index (χ1) is 11.4. The van der Waals surface area contributed by atoms with Gasteiger partial charge in [0, 0.05) is 6.04 Å². The van der Waals surface area contributed by atoms with E-state index in [-0.39, 0.29) is 25.2 Å². The Morgan fingerprint density at radius 1 is 1.25 bits per heavy atom. The minimum absolute atomic E-state index is 0.166.